The predicted molar refractivity (Wildman–Crippen MR) is 100 cm³/mol. The Morgan fingerprint density at radius 3 is 2.04 bits per heavy atom. The number of nitrogens with zero attached hydrogens (tertiary/aromatic N) is 3. The molecule has 0 aromatic heterocycles. The van der Waals surface area contributed by atoms with Crippen molar-refractivity contribution in [2.75, 3.05) is 10.1 Å². The van der Waals surface area contributed by atoms with Crippen LogP contribution in [0.1, 0.15) is 16.7 Å². The molecule has 0 aliphatic heterocycles. The van der Waals surface area contributed by atoms with Crippen molar-refractivity contribution in [2.24, 2.45) is 5.10 Å². The summed E-state index contributed by atoms with van der Waals surface area (Å²) in [5.74, 6) is 0. The summed E-state index contributed by atoms with van der Waals surface area (Å²) in [5, 5.41) is 20.9. The maximum atomic E-state index is 12.6. The molecule has 0 saturated heterocycles. The van der Waals surface area contributed by atoms with E-state index < -0.39 is 10.0 Å². The minimum Gasteiger partial charge on any atom is -0.279 e. The fourth-order valence-corrected chi connectivity index (χ4v) is 3.64. The van der Waals surface area contributed by atoms with E-state index in [9.17, 15) is 8.42 Å². The molecular formula is C18H17N5O2S. The highest BCUT2D eigenvalue weighted by molar-refractivity contribution is 7.92. The minimum absolute atomic E-state index is 0.0900. The third-order valence-electron chi connectivity index (χ3n) is 3.59. The molecule has 8 heteroatoms. The third-order valence-corrected chi connectivity index (χ3v) is 4.95. The number of rotatable bonds is 5. The first-order valence-electron chi connectivity index (χ1n) is 7.61. The van der Waals surface area contributed by atoms with Crippen LogP contribution in [0.5, 0.6) is 0 Å². The lowest BCUT2D eigenvalue weighted by Crippen LogP contribution is -2.14. The molecule has 0 amide bonds. The van der Waals surface area contributed by atoms with Gasteiger partial charge in [-0.1, -0.05) is 17.7 Å². The van der Waals surface area contributed by atoms with Crippen LogP contribution >= 0.6 is 0 Å². The number of benzene rings is 2. The maximum absolute atomic E-state index is 12.6. The summed E-state index contributed by atoms with van der Waals surface area (Å²) in [6.45, 7) is 5.66. The van der Waals surface area contributed by atoms with Crippen LogP contribution in [0.2, 0.25) is 0 Å². The largest absolute Gasteiger partial charge is 0.279 e. The van der Waals surface area contributed by atoms with Crippen molar-refractivity contribution in [2.45, 2.75) is 25.7 Å². The molecule has 0 saturated carbocycles. The van der Waals surface area contributed by atoms with Gasteiger partial charge in [-0.25, -0.2) is 8.42 Å². The Morgan fingerprint density at radius 1 is 1.00 bits per heavy atom. The van der Waals surface area contributed by atoms with Crippen molar-refractivity contribution in [3.63, 3.8) is 0 Å². The Bertz CT molecular complexity index is 1000. The van der Waals surface area contributed by atoms with Crippen LogP contribution in [-0.4, -0.2) is 14.1 Å². The van der Waals surface area contributed by atoms with E-state index in [0.717, 1.165) is 16.7 Å². The zero-order valence-electron chi connectivity index (χ0n) is 14.5. The molecule has 0 aliphatic carbocycles. The van der Waals surface area contributed by atoms with Gasteiger partial charge < -0.3 is 0 Å². The highest BCUT2D eigenvalue weighted by Crippen LogP contribution is 2.25. The maximum Gasteiger partial charge on any atom is 0.261 e. The number of aryl methyl sites for hydroxylation is 3. The zero-order chi connectivity index (χ0) is 19.3. The van der Waals surface area contributed by atoms with Gasteiger partial charge in [0.25, 0.3) is 10.0 Å². The highest BCUT2D eigenvalue weighted by atomic mass is 32.2. The lowest BCUT2D eigenvalue weighted by atomic mass is 10.1. The molecule has 2 aromatic rings. The van der Waals surface area contributed by atoms with Gasteiger partial charge in [0.15, 0.2) is 0 Å². The number of anilines is 2. The van der Waals surface area contributed by atoms with Gasteiger partial charge >= 0.3 is 0 Å². The van der Waals surface area contributed by atoms with Crippen molar-refractivity contribution >= 4 is 27.1 Å². The molecule has 2 N–H and O–H groups in total. The van der Waals surface area contributed by atoms with Crippen molar-refractivity contribution in [1.82, 2.24) is 0 Å². The molecule has 2 aromatic carbocycles. The molecule has 0 heterocycles. The molecule has 0 bridgehead atoms. The number of sulfonamides is 1. The van der Waals surface area contributed by atoms with Crippen LogP contribution in [0.3, 0.4) is 0 Å². The second-order valence-electron chi connectivity index (χ2n) is 5.70. The second kappa shape index (κ2) is 7.68. The van der Waals surface area contributed by atoms with Crippen LogP contribution in [0.4, 0.5) is 11.4 Å². The van der Waals surface area contributed by atoms with Crippen molar-refractivity contribution in [3.8, 4) is 12.1 Å². The smallest absolute Gasteiger partial charge is 0.261 e. The van der Waals surface area contributed by atoms with Gasteiger partial charge in [0.1, 0.15) is 12.1 Å². The molecule has 7 nitrogen and oxygen atoms in total. The van der Waals surface area contributed by atoms with E-state index in [0.29, 0.717) is 11.4 Å². The van der Waals surface area contributed by atoms with Gasteiger partial charge in [0.05, 0.1) is 16.3 Å². The molecule has 0 radical (unpaired) electrons. The van der Waals surface area contributed by atoms with Crippen molar-refractivity contribution in [1.29, 1.82) is 10.5 Å². The van der Waals surface area contributed by atoms with Crippen LogP contribution < -0.4 is 10.1 Å². The molecule has 0 spiro atoms. The normalized spacial score (nSPS) is 10.3. The van der Waals surface area contributed by atoms with E-state index >= 15 is 0 Å². The zero-order valence-corrected chi connectivity index (χ0v) is 15.3. The Hall–Kier alpha value is -3.36. The molecule has 0 aliphatic rings. The summed E-state index contributed by atoms with van der Waals surface area (Å²) < 4.78 is 27.9. The van der Waals surface area contributed by atoms with E-state index in [2.05, 4.69) is 15.2 Å². The van der Waals surface area contributed by atoms with Gasteiger partial charge in [0, 0.05) is 0 Å². The summed E-state index contributed by atoms with van der Waals surface area (Å²) in [4.78, 5) is 0.0900. The number of nitriles is 2. The number of hydrazone groups is 1. The van der Waals surface area contributed by atoms with Crippen molar-refractivity contribution < 1.29 is 8.42 Å². The van der Waals surface area contributed by atoms with Gasteiger partial charge in [-0.3, -0.25) is 10.1 Å². The summed E-state index contributed by atoms with van der Waals surface area (Å²) in [6, 6.07) is 12.9. The van der Waals surface area contributed by atoms with E-state index in [1.807, 2.05) is 32.9 Å². The fraction of sp³-hybridized carbons (Fsp3) is 0.167. The Morgan fingerprint density at radius 2 is 1.54 bits per heavy atom. The Kier molecular flexibility index (Phi) is 5.61. The summed E-state index contributed by atoms with van der Waals surface area (Å²) in [5.41, 5.74) is 5.98. The molecular weight excluding hydrogens is 350 g/mol. The van der Waals surface area contributed by atoms with Crippen LogP contribution in [-0.2, 0) is 10.0 Å². The second-order valence-corrected chi connectivity index (χ2v) is 7.38. The van der Waals surface area contributed by atoms with Crippen LogP contribution in [0, 0.1) is 43.4 Å². The summed E-state index contributed by atoms with van der Waals surface area (Å²) in [6.07, 6.45) is 0. The van der Waals surface area contributed by atoms with E-state index in [1.54, 1.807) is 12.1 Å². The number of nitrogens with one attached hydrogen (secondary N) is 2. The minimum atomic E-state index is -3.75. The first kappa shape index (κ1) is 19.0. The molecule has 0 unspecified atom stereocenters. The first-order valence-corrected chi connectivity index (χ1v) is 9.10. The van der Waals surface area contributed by atoms with E-state index in [1.165, 1.54) is 24.3 Å². The van der Waals surface area contributed by atoms with Gasteiger partial charge in [-0.2, -0.15) is 15.6 Å². The van der Waals surface area contributed by atoms with Crippen LogP contribution in [0.15, 0.2) is 46.4 Å². The number of hydrogen-bond donors (Lipinski definition) is 2. The lowest BCUT2D eigenvalue weighted by molar-refractivity contribution is 0.601. The summed E-state index contributed by atoms with van der Waals surface area (Å²) in [7, 11) is -3.75. The van der Waals surface area contributed by atoms with E-state index in [-0.39, 0.29) is 10.6 Å². The SMILES string of the molecule is Cc1cc(C)c(NS(=O)(=O)c2ccc(NN=C(C#N)C#N)cc2)c(C)c1. The number of hydrogen-bond acceptors (Lipinski definition) is 6. The molecule has 26 heavy (non-hydrogen) atoms. The topological polar surface area (TPSA) is 118 Å². The fourth-order valence-electron chi connectivity index (χ4n) is 2.44. The molecule has 132 valence electrons. The van der Waals surface area contributed by atoms with Gasteiger partial charge in [-0.15, -0.1) is 0 Å². The van der Waals surface area contributed by atoms with Gasteiger partial charge in [-0.05, 0) is 56.2 Å². The Balaban J connectivity index is 2.24. The predicted octanol–water partition coefficient (Wildman–Crippen LogP) is 3.23. The average molecular weight is 367 g/mol. The quantitative estimate of drug-likeness (QED) is 0.621. The molecule has 0 atom stereocenters. The van der Waals surface area contributed by atoms with Gasteiger partial charge in [0.2, 0.25) is 5.71 Å². The monoisotopic (exact) mass is 367 g/mol. The molecule has 2 rings (SSSR count). The standard InChI is InChI=1S/C18H17N5O2S/c1-12-8-13(2)18(14(3)9-12)23-26(24,25)17-6-4-15(5-7-17)21-22-16(10-19)11-20/h4-9,21,23H,1-3H3. The Labute approximate surface area is 152 Å². The molecule has 0 fully saturated rings. The third kappa shape index (κ3) is 4.38. The van der Waals surface area contributed by atoms with Crippen LogP contribution in [0.25, 0.3) is 0 Å². The summed E-state index contributed by atoms with van der Waals surface area (Å²) >= 11 is 0. The first-order chi connectivity index (χ1) is 12.3. The average Bonchev–Trinajstić information content (AvgIpc) is 2.59. The lowest BCUT2D eigenvalue weighted by Gasteiger charge is -2.14. The highest BCUT2D eigenvalue weighted by Gasteiger charge is 2.16. The van der Waals surface area contributed by atoms with E-state index in [4.69, 9.17) is 10.5 Å². The van der Waals surface area contributed by atoms with Crippen molar-refractivity contribution in [3.05, 3.63) is 53.1 Å².